The molecule has 0 radical (unpaired) electrons. The summed E-state index contributed by atoms with van der Waals surface area (Å²) in [5, 5.41) is 7.05. The number of hydrogen-bond donors (Lipinski definition) is 1. The number of allylic oxidation sites excluding steroid dienone is 1. The summed E-state index contributed by atoms with van der Waals surface area (Å²) in [4.78, 5) is 33.9. The lowest BCUT2D eigenvalue weighted by Gasteiger charge is -2.14. The van der Waals surface area contributed by atoms with E-state index in [1.165, 1.54) is 25.0 Å². The van der Waals surface area contributed by atoms with Crippen LogP contribution >= 0.6 is 0 Å². The second-order valence-corrected chi connectivity index (χ2v) is 7.52. The normalized spacial score (nSPS) is 10.5. The van der Waals surface area contributed by atoms with Crippen LogP contribution in [-0.2, 0) is 16.0 Å². The molecule has 3 rings (SSSR count). The van der Waals surface area contributed by atoms with Gasteiger partial charge in [0.15, 0.2) is 18.1 Å². The summed E-state index contributed by atoms with van der Waals surface area (Å²) in [7, 11) is 2.99. The van der Waals surface area contributed by atoms with E-state index < -0.39 is 18.5 Å². The number of aromatic nitrogens is 4. The standard InChI is InChI=1S/C24H27N5O5/c1-7-8-17-11-18(12-19(32-5)22(17)33-6)23(31)34-13-21(30)27-20-10-16(4)28-29(20)24-25-14(2)9-15(3)26-24/h7,9-12H,1,8,13H2,2-6H3,(H,27,30). The van der Waals surface area contributed by atoms with Crippen LogP contribution in [0.1, 0.15) is 33.0 Å². The van der Waals surface area contributed by atoms with Crippen molar-refractivity contribution < 1.29 is 23.8 Å². The van der Waals surface area contributed by atoms with E-state index in [-0.39, 0.29) is 5.56 Å². The van der Waals surface area contributed by atoms with Gasteiger partial charge in [-0.3, -0.25) is 4.79 Å². The molecule has 0 atom stereocenters. The minimum absolute atomic E-state index is 0.229. The highest BCUT2D eigenvalue weighted by Crippen LogP contribution is 2.33. The Balaban J connectivity index is 1.73. The number of nitrogens with zero attached hydrogens (tertiary/aromatic N) is 4. The number of amides is 1. The Morgan fingerprint density at radius 1 is 1.03 bits per heavy atom. The van der Waals surface area contributed by atoms with Crippen LogP contribution in [0.25, 0.3) is 5.95 Å². The molecule has 1 N–H and O–H groups in total. The molecular weight excluding hydrogens is 438 g/mol. The molecular formula is C24H27N5O5. The molecule has 2 heterocycles. The summed E-state index contributed by atoms with van der Waals surface area (Å²) < 4.78 is 17.4. The summed E-state index contributed by atoms with van der Waals surface area (Å²) >= 11 is 0. The first-order valence-electron chi connectivity index (χ1n) is 10.5. The van der Waals surface area contributed by atoms with Gasteiger partial charge in [0.05, 0.1) is 25.5 Å². The third-order valence-electron chi connectivity index (χ3n) is 4.75. The fourth-order valence-corrected chi connectivity index (χ4v) is 3.40. The largest absolute Gasteiger partial charge is 0.493 e. The van der Waals surface area contributed by atoms with Gasteiger partial charge in [-0.25, -0.2) is 14.8 Å². The number of nitrogens with one attached hydrogen (secondary N) is 1. The van der Waals surface area contributed by atoms with Crippen molar-refractivity contribution in [1.82, 2.24) is 19.7 Å². The van der Waals surface area contributed by atoms with Crippen LogP contribution in [-0.4, -0.2) is 52.5 Å². The Morgan fingerprint density at radius 2 is 1.74 bits per heavy atom. The lowest BCUT2D eigenvalue weighted by Crippen LogP contribution is -2.23. The van der Waals surface area contributed by atoms with Crippen molar-refractivity contribution in [2.24, 2.45) is 0 Å². The van der Waals surface area contributed by atoms with E-state index in [4.69, 9.17) is 14.2 Å². The third-order valence-corrected chi connectivity index (χ3v) is 4.75. The number of esters is 1. The number of methoxy groups -OCH3 is 2. The number of carbonyl (C=O) groups excluding carboxylic acids is 2. The summed E-state index contributed by atoms with van der Waals surface area (Å²) in [6.45, 7) is 8.70. The van der Waals surface area contributed by atoms with E-state index in [0.29, 0.717) is 40.9 Å². The van der Waals surface area contributed by atoms with Crippen molar-refractivity contribution in [3.05, 3.63) is 65.1 Å². The van der Waals surface area contributed by atoms with Gasteiger partial charge < -0.3 is 19.5 Å². The number of anilines is 1. The lowest BCUT2D eigenvalue weighted by atomic mass is 10.1. The van der Waals surface area contributed by atoms with Crippen molar-refractivity contribution in [2.45, 2.75) is 27.2 Å². The Kier molecular flexibility index (Phi) is 7.62. The quantitative estimate of drug-likeness (QED) is 0.378. The Hall–Kier alpha value is -4.21. The molecule has 1 amide bonds. The molecule has 0 aliphatic heterocycles. The topological polar surface area (TPSA) is 117 Å². The monoisotopic (exact) mass is 465 g/mol. The van der Waals surface area contributed by atoms with Gasteiger partial charge in [-0.2, -0.15) is 9.78 Å². The van der Waals surface area contributed by atoms with Gasteiger partial charge in [-0.15, -0.1) is 6.58 Å². The number of ether oxygens (including phenoxy) is 3. The zero-order chi connectivity index (χ0) is 24.8. The number of benzene rings is 1. The van der Waals surface area contributed by atoms with Crippen molar-refractivity contribution in [1.29, 1.82) is 0 Å². The van der Waals surface area contributed by atoms with Gasteiger partial charge in [-0.1, -0.05) is 6.08 Å². The van der Waals surface area contributed by atoms with E-state index >= 15 is 0 Å². The van der Waals surface area contributed by atoms with E-state index in [1.54, 1.807) is 25.1 Å². The maximum absolute atomic E-state index is 12.6. The molecule has 0 saturated heterocycles. The Morgan fingerprint density at radius 3 is 2.35 bits per heavy atom. The van der Waals surface area contributed by atoms with Crippen molar-refractivity contribution in [3.63, 3.8) is 0 Å². The second-order valence-electron chi connectivity index (χ2n) is 7.52. The van der Waals surface area contributed by atoms with Crippen molar-refractivity contribution >= 4 is 17.7 Å². The minimum Gasteiger partial charge on any atom is -0.493 e. The molecule has 34 heavy (non-hydrogen) atoms. The summed E-state index contributed by atoms with van der Waals surface area (Å²) in [6, 6.07) is 6.64. The van der Waals surface area contributed by atoms with Crippen LogP contribution < -0.4 is 14.8 Å². The summed E-state index contributed by atoms with van der Waals surface area (Å²) in [5.74, 6) is 0.371. The van der Waals surface area contributed by atoms with E-state index in [9.17, 15) is 9.59 Å². The maximum atomic E-state index is 12.6. The smallest absolute Gasteiger partial charge is 0.338 e. The first kappa shape index (κ1) is 24.4. The van der Waals surface area contributed by atoms with Crippen molar-refractivity contribution in [2.75, 3.05) is 26.1 Å². The SMILES string of the molecule is C=CCc1cc(C(=O)OCC(=O)Nc2cc(C)nn2-c2nc(C)cc(C)n2)cc(OC)c1OC. The average Bonchev–Trinajstić information content (AvgIpc) is 3.16. The number of carbonyl (C=O) groups is 2. The van der Waals surface area contributed by atoms with E-state index in [2.05, 4.69) is 27.0 Å². The fourth-order valence-electron chi connectivity index (χ4n) is 3.40. The molecule has 0 aliphatic carbocycles. The van der Waals surface area contributed by atoms with Crippen molar-refractivity contribution in [3.8, 4) is 17.4 Å². The highest BCUT2D eigenvalue weighted by atomic mass is 16.5. The third kappa shape index (κ3) is 5.58. The van der Waals surface area contributed by atoms with Crippen LogP contribution in [0.15, 0.2) is 36.9 Å². The summed E-state index contributed by atoms with van der Waals surface area (Å²) in [6.07, 6.45) is 2.15. The molecule has 0 spiro atoms. The lowest BCUT2D eigenvalue weighted by molar-refractivity contribution is -0.119. The Bertz CT molecular complexity index is 1210. The first-order chi connectivity index (χ1) is 16.2. The molecule has 0 unspecified atom stereocenters. The molecule has 0 saturated carbocycles. The van der Waals surface area contributed by atoms with Gasteiger partial charge in [0.1, 0.15) is 5.82 Å². The average molecular weight is 466 g/mol. The molecule has 2 aromatic heterocycles. The Labute approximate surface area is 197 Å². The molecule has 3 aromatic rings. The molecule has 0 bridgehead atoms. The highest BCUT2D eigenvalue weighted by molar-refractivity contribution is 5.95. The minimum atomic E-state index is -0.677. The molecule has 10 heteroatoms. The van der Waals surface area contributed by atoms with Gasteiger partial charge in [0.25, 0.3) is 11.9 Å². The van der Waals surface area contributed by atoms with Gasteiger partial charge in [0.2, 0.25) is 0 Å². The predicted molar refractivity (Wildman–Crippen MR) is 126 cm³/mol. The maximum Gasteiger partial charge on any atom is 0.338 e. The van der Waals surface area contributed by atoms with E-state index in [1.807, 2.05) is 19.9 Å². The fraction of sp³-hybridized carbons (Fsp3) is 0.292. The summed E-state index contributed by atoms with van der Waals surface area (Å²) in [5.41, 5.74) is 3.14. The molecule has 0 aliphatic rings. The predicted octanol–water partition coefficient (Wildman–Crippen LogP) is 3.13. The zero-order valence-electron chi connectivity index (χ0n) is 19.8. The second kappa shape index (κ2) is 10.6. The molecule has 10 nitrogen and oxygen atoms in total. The van der Waals surface area contributed by atoms with Crippen LogP contribution in [0.3, 0.4) is 0 Å². The van der Waals surface area contributed by atoms with Crippen LogP contribution in [0.2, 0.25) is 0 Å². The molecule has 1 aromatic carbocycles. The highest BCUT2D eigenvalue weighted by Gasteiger charge is 2.19. The van der Waals surface area contributed by atoms with Crippen LogP contribution in [0, 0.1) is 20.8 Å². The number of rotatable bonds is 9. The first-order valence-corrected chi connectivity index (χ1v) is 10.5. The number of hydrogen-bond acceptors (Lipinski definition) is 8. The molecule has 0 fully saturated rings. The molecule has 178 valence electrons. The van der Waals surface area contributed by atoms with Gasteiger partial charge in [0, 0.05) is 23.0 Å². The van der Waals surface area contributed by atoms with Gasteiger partial charge >= 0.3 is 5.97 Å². The van der Waals surface area contributed by atoms with E-state index in [0.717, 1.165) is 11.4 Å². The van der Waals surface area contributed by atoms with Crippen LogP contribution in [0.5, 0.6) is 11.5 Å². The zero-order valence-corrected chi connectivity index (χ0v) is 19.8. The number of aryl methyl sites for hydroxylation is 3. The van der Waals surface area contributed by atoms with Gasteiger partial charge in [-0.05, 0) is 45.4 Å². The van der Waals surface area contributed by atoms with Crippen LogP contribution in [0.4, 0.5) is 5.82 Å².